The number of imidazole rings is 2. The second kappa shape index (κ2) is 21.5. The largest absolute Gasteiger partial charge is 0.453 e. The predicted molar refractivity (Wildman–Crippen MR) is 282 cm³/mol. The summed E-state index contributed by atoms with van der Waals surface area (Å²) in [5.74, 6) is -0.332. The van der Waals surface area contributed by atoms with Gasteiger partial charge in [0.1, 0.15) is 29.4 Å². The lowest BCUT2D eigenvalue weighted by molar-refractivity contribution is -0.136. The number of halogens is 2. The van der Waals surface area contributed by atoms with Gasteiger partial charge >= 0.3 is 12.2 Å². The number of fused-ring (bicyclic) bond motifs is 2. The van der Waals surface area contributed by atoms with Crippen LogP contribution in [0.2, 0.25) is 0 Å². The lowest BCUT2D eigenvalue weighted by Crippen LogP contribution is -2.51. The highest BCUT2D eigenvalue weighted by Gasteiger charge is 2.41. The summed E-state index contributed by atoms with van der Waals surface area (Å²) in [6.07, 6.45) is 4.54. The van der Waals surface area contributed by atoms with Gasteiger partial charge in [-0.05, 0) is 122 Å². The van der Waals surface area contributed by atoms with Crippen molar-refractivity contribution >= 4 is 57.4 Å². The second-order valence-electron chi connectivity index (χ2n) is 21.3. The van der Waals surface area contributed by atoms with E-state index < -0.39 is 35.9 Å². The highest BCUT2D eigenvalue weighted by Crippen LogP contribution is 2.49. The van der Waals surface area contributed by atoms with Gasteiger partial charge in [0.05, 0.1) is 60.5 Å². The van der Waals surface area contributed by atoms with Crippen LogP contribution in [0.4, 0.5) is 29.7 Å². The molecule has 0 bridgehead atoms. The number of likely N-dealkylation sites (tertiary alicyclic amines) is 2. The molecule has 4 aromatic carbocycles. The number of carbonyl (C=O) groups is 4. The zero-order chi connectivity index (χ0) is 52.7. The van der Waals surface area contributed by atoms with Gasteiger partial charge in [0, 0.05) is 31.9 Å². The number of aromatic nitrogens is 4. The van der Waals surface area contributed by atoms with E-state index in [-0.39, 0.29) is 53.5 Å². The van der Waals surface area contributed by atoms with E-state index in [0.717, 1.165) is 58.9 Å². The number of ether oxygens (including phenoxy) is 2. The standard InChI is InChI=1S/C57H68F2N10O6/c1-32(2)49(64-56(72)74-5)54(70)67-24-10-14-47(67)52-60-41-18-16-36(28-43(41)62-52)45-20-21-46(69(45)38-30-39(58)51(40(59)31-38)66-26-22-35(23-27-66)34-12-8-7-9-13-34)37-17-19-42-44(29-37)63-53(61-42)48-15-11-25-68(48)55(71)50(33(3)4)65-57(73)75-6/h7-9,12-13,16-19,28-33,35,45-50H,10-11,14-15,20-27H2,1-6H3,(H,60,62)(H,61,63)(H,64,72)(H,65,73)/t45-,46-,47+,48+,49-,50+/m1/s1. The minimum absolute atomic E-state index is 0.00385. The monoisotopic (exact) mass is 1030 g/mol. The van der Waals surface area contributed by atoms with Gasteiger partial charge in [-0.1, -0.05) is 70.2 Å². The number of nitrogens with one attached hydrogen (secondary N) is 4. The van der Waals surface area contributed by atoms with Crippen molar-refractivity contribution in [3.05, 3.63) is 119 Å². The molecule has 4 fully saturated rings. The molecule has 75 heavy (non-hydrogen) atoms. The second-order valence-corrected chi connectivity index (χ2v) is 21.3. The Bertz CT molecular complexity index is 2890. The first-order chi connectivity index (χ1) is 36.2. The van der Waals surface area contributed by atoms with E-state index >= 15 is 8.78 Å². The summed E-state index contributed by atoms with van der Waals surface area (Å²) in [6.45, 7) is 9.64. The van der Waals surface area contributed by atoms with Crippen molar-refractivity contribution in [2.75, 3.05) is 50.2 Å². The number of H-pyrrole nitrogens is 2. The number of anilines is 2. The SMILES string of the molecule is COC(=O)N[C@H](C(=O)N1CCC[C@H]1c1nc2ccc([C@H]3CC[C@H](c4ccc5nc([C@@H]6CCCN6C(=O)[C@H](NC(=O)OC)C(C)C)[nH]c5c4)N3c3cc(F)c(N4CCC(c5ccccc5)CC4)c(F)c3)cc2[nH]1)C(C)C. The zero-order valence-corrected chi connectivity index (χ0v) is 43.6. The maximum Gasteiger partial charge on any atom is 0.407 e. The number of piperidine rings is 1. The molecule has 0 aliphatic carbocycles. The Kier molecular flexibility index (Phi) is 14.7. The average molecular weight is 1030 g/mol. The lowest BCUT2D eigenvalue weighted by atomic mass is 9.89. The van der Waals surface area contributed by atoms with Crippen LogP contribution in [0.5, 0.6) is 0 Å². The molecule has 0 radical (unpaired) electrons. The maximum atomic E-state index is 16.8. The number of alkyl carbamates (subject to hydrolysis) is 2. The summed E-state index contributed by atoms with van der Waals surface area (Å²) in [7, 11) is 2.55. The average Bonchev–Trinajstić information content (AvgIpc) is 4.28. The number of hydrogen-bond acceptors (Lipinski definition) is 10. The number of aromatic amines is 2. The fraction of sp³-hybridized carbons (Fsp3) is 0.474. The number of hydrogen-bond donors (Lipinski definition) is 4. The van der Waals surface area contributed by atoms with Crippen molar-refractivity contribution in [2.45, 2.75) is 121 Å². The topological polar surface area (TPSA) is 181 Å². The summed E-state index contributed by atoms with van der Waals surface area (Å²) >= 11 is 0. The molecule has 4 saturated heterocycles. The highest BCUT2D eigenvalue weighted by molar-refractivity contribution is 5.88. The third-order valence-electron chi connectivity index (χ3n) is 16.1. The minimum Gasteiger partial charge on any atom is -0.453 e. The molecule has 4 N–H and O–H groups in total. The lowest BCUT2D eigenvalue weighted by Gasteiger charge is -2.36. The Morgan fingerprint density at radius 3 is 1.49 bits per heavy atom. The van der Waals surface area contributed by atoms with Crippen LogP contribution in [0.3, 0.4) is 0 Å². The molecule has 4 amide bonds. The molecule has 6 atom stereocenters. The normalized spacial score (nSPS) is 21.1. The Morgan fingerprint density at radius 2 is 1.05 bits per heavy atom. The molecular formula is C57H68F2N10O6. The van der Waals surface area contributed by atoms with Gasteiger partial charge in [0.25, 0.3) is 0 Å². The number of methoxy groups -OCH3 is 2. The van der Waals surface area contributed by atoms with Gasteiger partial charge in [0.15, 0.2) is 11.6 Å². The van der Waals surface area contributed by atoms with Gasteiger partial charge in [-0.2, -0.15) is 0 Å². The summed E-state index contributed by atoms with van der Waals surface area (Å²) in [4.78, 5) is 77.0. The molecule has 16 nitrogen and oxygen atoms in total. The maximum absolute atomic E-state index is 16.8. The third-order valence-corrected chi connectivity index (χ3v) is 16.1. The molecule has 18 heteroatoms. The first kappa shape index (κ1) is 51.3. The molecule has 396 valence electrons. The van der Waals surface area contributed by atoms with E-state index in [1.807, 2.05) is 75.1 Å². The van der Waals surface area contributed by atoms with E-state index in [1.165, 1.54) is 31.9 Å². The van der Waals surface area contributed by atoms with Crippen LogP contribution >= 0.6 is 0 Å². The summed E-state index contributed by atoms with van der Waals surface area (Å²) < 4.78 is 43.3. The third kappa shape index (κ3) is 10.2. The van der Waals surface area contributed by atoms with Gasteiger partial charge in [-0.3, -0.25) is 9.59 Å². The molecule has 4 aliphatic heterocycles. The van der Waals surface area contributed by atoms with Crippen LogP contribution in [0.25, 0.3) is 22.1 Å². The first-order valence-electron chi connectivity index (χ1n) is 26.6. The Balaban J connectivity index is 0.965. The fourth-order valence-corrected chi connectivity index (χ4v) is 12.2. The van der Waals surface area contributed by atoms with Crippen molar-refractivity contribution in [1.29, 1.82) is 0 Å². The van der Waals surface area contributed by atoms with E-state index in [9.17, 15) is 19.2 Å². The summed E-state index contributed by atoms with van der Waals surface area (Å²) in [5, 5.41) is 5.43. The van der Waals surface area contributed by atoms with Gasteiger partial charge in [-0.25, -0.2) is 28.3 Å². The Labute approximate surface area is 435 Å². The molecule has 4 aliphatic rings. The number of rotatable bonds is 13. The number of benzene rings is 4. The van der Waals surface area contributed by atoms with Crippen LogP contribution in [0.15, 0.2) is 78.9 Å². The Morgan fingerprint density at radius 1 is 0.587 bits per heavy atom. The fourth-order valence-electron chi connectivity index (χ4n) is 12.2. The number of amides is 4. The molecule has 6 heterocycles. The Hall–Kier alpha value is -7.24. The van der Waals surface area contributed by atoms with E-state index in [4.69, 9.17) is 19.4 Å². The van der Waals surface area contributed by atoms with Crippen molar-refractivity contribution in [3.8, 4) is 0 Å². The molecule has 10 rings (SSSR count). The molecular weight excluding hydrogens is 959 g/mol. The van der Waals surface area contributed by atoms with E-state index in [2.05, 4.69) is 49.8 Å². The number of nitrogens with zero attached hydrogens (tertiary/aromatic N) is 6. The van der Waals surface area contributed by atoms with Gasteiger partial charge in [-0.15, -0.1) is 0 Å². The van der Waals surface area contributed by atoms with Crippen LogP contribution in [-0.4, -0.2) is 106 Å². The van der Waals surface area contributed by atoms with Crippen LogP contribution in [-0.2, 0) is 19.1 Å². The van der Waals surface area contributed by atoms with Crippen molar-refractivity contribution in [3.63, 3.8) is 0 Å². The van der Waals surface area contributed by atoms with Crippen molar-refractivity contribution in [2.24, 2.45) is 11.8 Å². The molecule has 0 spiro atoms. The van der Waals surface area contributed by atoms with Crippen LogP contribution in [0.1, 0.15) is 137 Å². The summed E-state index contributed by atoms with van der Waals surface area (Å²) in [5.41, 5.74) is 6.54. The smallest absolute Gasteiger partial charge is 0.407 e. The highest BCUT2D eigenvalue weighted by atomic mass is 19.1. The quantitative estimate of drug-likeness (QED) is 0.0869. The molecule has 0 saturated carbocycles. The summed E-state index contributed by atoms with van der Waals surface area (Å²) in [6, 6.07) is 22.6. The first-order valence-corrected chi connectivity index (χ1v) is 26.6. The van der Waals surface area contributed by atoms with Crippen molar-refractivity contribution in [1.82, 2.24) is 40.4 Å². The molecule has 6 aromatic rings. The number of carbonyl (C=O) groups excluding carboxylic acids is 4. The minimum atomic E-state index is -0.767. The molecule has 2 aromatic heterocycles. The van der Waals surface area contributed by atoms with Crippen molar-refractivity contribution < 1.29 is 37.4 Å². The predicted octanol–water partition coefficient (Wildman–Crippen LogP) is 10.3. The van der Waals surface area contributed by atoms with E-state index in [1.54, 1.807) is 9.80 Å². The van der Waals surface area contributed by atoms with E-state index in [0.29, 0.717) is 75.1 Å². The zero-order valence-electron chi connectivity index (χ0n) is 43.6. The van der Waals surface area contributed by atoms with Gasteiger partial charge < -0.3 is 49.7 Å². The van der Waals surface area contributed by atoms with Gasteiger partial charge in [0.2, 0.25) is 11.8 Å². The van der Waals surface area contributed by atoms with Crippen LogP contribution < -0.4 is 20.4 Å². The van der Waals surface area contributed by atoms with Crippen LogP contribution in [0, 0.1) is 23.5 Å². The molecule has 0 unspecified atom stereocenters.